The Labute approximate surface area is 98.8 Å². The van der Waals surface area contributed by atoms with Crippen molar-refractivity contribution in [2.45, 2.75) is 24.2 Å². The number of aromatic hydroxyl groups is 1. The number of phenols is 1. The number of hydrogen-bond donors (Lipinski definition) is 1. The number of phenolic OH excluding ortho intramolecular Hbond substituents is 1. The molecule has 0 amide bonds. The minimum Gasteiger partial charge on any atom is -0.508 e. The maximum atomic E-state index is 11.4. The van der Waals surface area contributed by atoms with Gasteiger partial charge in [-0.3, -0.25) is 4.79 Å². The molecule has 86 valence electrons. The molecule has 1 aromatic carbocycles. The summed E-state index contributed by atoms with van der Waals surface area (Å²) in [5.74, 6) is 1.24. The van der Waals surface area contributed by atoms with Crippen LogP contribution in [-0.2, 0) is 9.53 Å². The van der Waals surface area contributed by atoms with E-state index in [2.05, 4.69) is 0 Å². The molecular formula is C12H14O3S. The van der Waals surface area contributed by atoms with Crippen LogP contribution < -0.4 is 0 Å². The summed E-state index contributed by atoms with van der Waals surface area (Å²) in [6.07, 6.45) is 0.429. The van der Waals surface area contributed by atoms with Crippen LogP contribution in [0.3, 0.4) is 0 Å². The van der Waals surface area contributed by atoms with Crippen molar-refractivity contribution < 1.29 is 14.6 Å². The average Bonchev–Trinajstić information content (AvgIpc) is 2.61. The number of hydrogen-bond acceptors (Lipinski definition) is 4. The molecule has 0 unspecified atom stereocenters. The van der Waals surface area contributed by atoms with Crippen molar-refractivity contribution in [2.75, 3.05) is 12.4 Å². The van der Waals surface area contributed by atoms with Crippen LogP contribution >= 0.6 is 11.8 Å². The molecule has 2 rings (SSSR count). The molecule has 4 heteroatoms. The minimum atomic E-state index is -0.144. The average molecular weight is 238 g/mol. The Morgan fingerprint density at radius 2 is 2.44 bits per heavy atom. The highest BCUT2D eigenvalue weighted by atomic mass is 32.2. The fraction of sp³-hybridized carbons (Fsp3) is 0.417. The molecule has 1 heterocycles. The summed E-state index contributed by atoms with van der Waals surface area (Å²) >= 11 is 1.68. The molecular weight excluding hydrogens is 224 g/mol. The molecule has 16 heavy (non-hydrogen) atoms. The molecule has 0 spiro atoms. The Bertz CT molecular complexity index is 403. The lowest BCUT2D eigenvalue weighted by Crippen LogP contribution is -2.10. The Balaban J connectivity index is 2.09. The van der Waals surface area contributed by atoms with Gasteiger partial charge in [-0.1, -0.05) is 6.07 Å². The van der Waals surface area contributed by atoms with Crippen molar-refractivity contribution in [3.05, 3.63) is 23.8 Å². The van der Waals surface area contributed by atoms with Gasteiger partial charge in [0.1, 0.15) is 5.75 Å². The summed E-state index contributed by atoms with van der Waals surface area (Å²) < 4.78 is 4.94. The van der Waals surface area contributed by atoms with Crippen molar-refractivity contribution in [3.63, 3.8) is 0 Å². The number of benzene rings is 1. The summed E-state index contributed by atoms with van der Waals surface area (Å²) in [5, 5.41) is 9.34. The van der Waals surface area contributed by atoms with E-state index in [-0.39, 0.29) is 17.6 Å². The van der Waals surface area contributed by atoms with Gasteiger partial charge in [0.05, 0.1) is 13.0 Å². The zero-order valence-corrected chi connectivity index (χ0v) is 9.92. The van der Waals surface area contributed by atoms with Crippen LogP contribution in [0.25, 0.3) is 0 Å². The van der Waals surface area contributed by atoms with Gasteiger partial charge in [0.25, 0.3) is 0 Å². The summed E-state index contributed by atoms with van der Waals surface area (Å²) in [4.78, 5) is 12.5. The van der Waals surface area contributed by atoms with E-state index < -0.39 is 0 Å². The van der Waals surface area contributed by atoms with Crippen molar-refractivity contribution in [1.29, 1.82) is 0 Å². The molecule has 0 saturated carbocycles. The van der Waals surface area contributed by atoms with Crippen LogP contribution in [0.1, 0.15) is 24.8 Å². The molecule has 3 nitrogen and oxygen atoms in total. The quantitative estimate of drug-likeness (QED) is 0.822. The van der Waals surface area contributed by atoms with E-state index in [1.54, 1.807) is 23.9 Å². The molecule has 1 aromatic rings. The van der Waals surface area contributed by atoms with Crippen LogP contribution in [0.15, 0.2) is 23.1 Å². The first-order chi connectivity index (χ1) is 7.70. The molecule has 0 bridgehead atoms. The Hall–Kier alpha value is -1.16. The number of esters is 1. The standard InChI is InChI=1S/C12H14O3S/c1-2-15-12(14)5-8-7-16-11-6-9(13)3-4-10(8)11/h3-4,6,8,13H,2,5,7H2,1H3/t8-/m1/s1. The Morgan fingerprint density at radius 3 is 3.19 bits per heavy atom. The van der Waals surface area contributed by atoms with Crippen LogP contribution in [0, 0.1) is 0 Å². The first kappa shape index (κ1) is 11.3. The van der Waals surface area contributed by atoms with Gasteiger partial charge in [-0.15, -0.1) is 11.8 Å². The van der Waals surface area contributed by atoms with Crippen LogP contribution in [0.2, 0.25) is 0 Å². The third-order valence-corrected chi connectivity index (χ3v) is 3.83. The zero-order chi connectivity index (χ0) is 11.5. The number of carbonyl (C=O) groups is 1. The lowest BCUT2D eigenvalue weighted by molar-refractivity contribution is -0.143. The second-order valence-electron chi connectivity index (χ2n) is 3.74. The first-order valence-electron chi connectivity index (χ1n) is 5.32. The SMILES string of the molecule is CCOC(=O)C[C@@H]1CSc2cc(O)ccc21. The summed E-state index contributed by atoms with van der Waals surface area (Å²) in [6, 6.07) is 5.32. The molecule has 1 N–H and O–H groups in total. The van der Waals surface area contributed by atoms with Crippen LogP contribution in [-0.4, -0.2) is 23.4 Å². The van der Waals surface area contributed by atoms with Gasteiger partial charge in [-0.25, -0.2) is 0 Å². The molecule has 0 aromatic heterocycles. The molecule has 1 atom stereocenters. The summed E-state index contributed by atoms with van der Waals surface area (Å²) in [7, 11) is 0. The van der Waals surface area contributed by atoms with Gasteiger partial charge in [0.15, 0.2) is 0 Å². The van der Waals surface area contributed by atoms with Crippen molar-refractivity contribution in [1.82, 2.24) is 0 Å². The monoisotopic (exact) mass is 238 g/mol. The molecule has 0 fully saturated rings. The van der Waals surface area contributed by atoms with E-state index in [1.165, 1.54) is 0 Å². The molecule has 1 aliphatic heterocycles. The Kier molecular flexibility index (Phi) is 3.39. The molecule has 0 aliphatic carbocycles. The predicted octanol–water partition coefficient (Wildman–Crippen LogP) is 2.53. The van der Waals surface area contributed by atoms with Gasteiger partial charge in [0.2, 0.25) is 0 Å². The largest absolute Gasteiger partial charge is 0.508 e. The van der Waals surface area contributed by atoms with Crippen molar-refractivity contribution in [3.8, 4) is 5.75 Å². The highest BCUT2D eigenvalue weighted by Gasteiger charge is 2.26. The van der Waals surface area contributed by atoms with Gasteiger partial charge < -0.3 is 9.84 Å². The number of rotatable bonds is 3. The lowest BCUT2D eigenvalue weighted by atomic mass is 9.98. The number of ether oxygens (including phenoxy) is 1. The summed E-state index contributed by atoms with van der Waals surface area (Å²) in [5.41, 5.74) is 1.15. The van der Waals surface area contributed by atoms with Gasteiger partial charge in [0, 0.05) is 16.6 Å². The topological polar surface area (TPSA) is 46.5 Å². The Morgan fingerprint density at radius 1 is 1.62 bits per heavy atom. The smallest absolute Gasteiger partial charge is 0.306 e. The van der Waals surface area contributed by atoms with E-state index >= 15 is 0 Å². The van der Waals surface area contributed by atoms with Crippen LogP contribution in [0.4, 0.5) is 0 Å². The zero-order valence-electron chi connectivity index (χ0n) is 9.10. The number of fused-ring (bicyclic) bond motifs is 1. The van der Waals surface area contributed by atoms with Crippen LogP contribution in [0.5, 0.6) is 5.75 Å². The van der Waals surface area contributed by atoms with E-state index in [0.29, 0.717) is 13.0 Å². The molecule has 0 saturated heterocycles. The van der Waals surface area contributed by atoms with E-state index in [4.69, 9.17) is 4.74 Å². The fourth-order valence-corrected chi connectivity index (χ4v) is 3.14. The minimum absolute atomic E-state index is 0.144. The highest BCUT2D eigenvalue weighted by molar-refractivity contribution is 7.99. The van der Waals surface area contributed by atoms with Crippen molar-refractivity contribution in [2.24, 2.45) is 0 Å². The van der Waals surface area contributed by atoms with Crippen molar-refractivity contribution >= 4 is 17.7 Å². The first-order valence-corrected chi connectivity index (χ1v) is 6.30. The van der Waals surface area contributed by atoms with E-state index in [0.717, 1.165) is 16.2 Å². The van der Waals surface area contributed by atoms with E-state index in [1.807, 2.05) is 13.0 Å². The maximum Gasteiger partial charge on any atom is 0.306 e. The highest BCUT2D eigenvalue weighted by Crippen LogP contribution is 2.42. The van der Waals surface area contributed by atoms with Gasteiger partial charge in [-0.05, 0) is 24.6 Å². The molecule has 0 radical (unpaired) electrons. The second kappa shape index (κ2) is 4.78. The third-order valence-electron chi connectivity index (χ3n) is 2.60. The summed E-state index contributed by atoms with van der Waals surface area (Å²) in [6.45, 7) is 2.24. The maximum absolute atomic E-state index is 11.4. The lowest BCUT2D eigenvalue weighted by Gasteiger charge is -2.09. The predicted molar refractivity (Wildman–Crippen MR) is 62.8 cm³/mol. The van der Waals surface area contributed by atoms with Gasteiger partial charge in [-0.2, -0.15) is 0 Å². The fourth-order valence-electron chi connectivity index (χ4n) is 1.86. The number of thioether (sulfide) groups is 1. The third kappa shape index (κ3) is 2.32. The van der Waals surface area contributed by atoms with Gasteiger partial charge >= 0.3 is 5.97 Å². The number of carbonyl (C=O) groups excluding carboxylic acids is 1. The molecule has 1 aliphatic rings. The van der Waals surface area contributed by atoms with E-state index in [9.17, 15) is 9.90 Å². The second-order valence-corrected chi connectivity index (χ2v) is 4.80. The normalized spacial score (nSPS) is 18.2.